The van der Waals surface area contributed by atoms with Crippen LogP contribution in [0.4, 0.5) is 8.78 Å². The van der Waals surface area contributed by atoms with E-state index >= 15 is 0 Å². The summed E-state index contributed by atoms with van der Waals surface area (Å²) in [5.41, 5.74) is 1.66. The van der Waals surface area contributed by atoms with Crippen LogP contribution >= 0.6 is 34.4 Å². The molecule has 74 valence electrons. The highest BCUT2D eigenvalue weighted by Gasteiger charge is 2.12. The Morgan fingerprint density at radius 2 is 2.21 bits per heavy atom. The normalized spacial score (nSPS) is 11.1. The molecule has 2 aromatic rings. The van der Waals surface area contributed by atoms with Gasteiger partial charge in [0, 0.05) is 6.20 Å². The first-order valence-electron chi connectivity index (χ1n) is 3.43. The maximum absolute atomic E-state index is 12.0. The second-order valence-corrected chi connectivity index (χ2v) is 5.22. The monoisotopic (exact) mass is 251 g/mol. The van der Waals surface area contributed by atoms with Crippen molar-refractivity contribution in [1.29, 1.82) is 0 Å². The molecule has 0 spiro atoms. The number of nitrogens with zero attached hydrogens (tertiary/aromatic N) is 3. The topological polar surface area (TPSA) is 38.7 Å². The van der Waals surface area contributed by atoms with Crippen LogP contribution in [0.3, 0.4) is 0 Å². The van der Waals surface area contributed by atoms with Gasteiger partial charge in [0.15, 0.2) is 9.35 Å². The van der Waals surface area contributed by atoms with Crippen LogP contribution in [-0.4, -0.2) is 20.9 Å². The van der Waals surface area contributed by atoms with Crippen molar-refractivity contribution in [3.8, 4) is 9.88 Å². The zero-order chi connectivity index (χ0) is 9.97. The van der Waals surface area contributed by atoms with Crippen molar-refractivity contribution in [1.82, 2.24) is 15.2 Å². The second kappa shape index (κ2) is 4.28. The second-order valence-electron chi connectivity index (χ2n) is 2.12. The summed E-state index contributed by atoms with van der Waals surface area (Å²) in [6.45, 7) is 0. The lowest BCUT2D eigenvalue weighted by atomic mass is 10.6. The number of hydrogen-bond acceptors (Lipinski definition) is 6. The molecule has 3 nitrogen and oxygen atoms in total. The van der Waals surface area contributed by atoms with Crippen LogP contribution in [0.15, 0.2) is 16.0 Å². The summed E-state index contributed by atoms with van der Waals surface area (Å²) in [7, 11) is 0. The summed E-state index contributed by atoms with van der Waals surface area (Å²) < 4.78 is 24.2. The molecule has 14 heavy (non-hydrogen) atoms. The minimum atomic E-state index is -2.45. The molecule has 2 aromatic heterocycles. The van der Waals surface area contributed by atoms with Crippen molar-refractivity contribution in [3.05, 3.63) is 11.7 Å². The maximum atomic E-state index is 12.0. The number of thiazole rings is 1. The molecule has 0 bridgehead atoms. The minimum Gasteiger partial charge on any atom is -0.252 e. The zero-order valence-electron chi connectivity index (χ0n) is 6.55. The molecule has 0 aromatic carbocycles. The number of rotatable bonds is 3. The molecule has 2 heterocycles. The molecular weight excluding hydrogens is 248 g/mol. The van der Waals surface area contributed by atoms with Crippen LogP contribution in [0.2, 0.25) is 0 Å². The van der Waals surface area contributed by atoms with Gasteiger partial charge in [-0.2, -0.15) is 8.78 Å². The summed E-state index contributed by atoms with van der Waals surface area (Å²) in [4.78, 5) is 4.72. The Kier molecular flexibility index (Phi) is 3.04. The molecule has 0 fully saturated rings. The van der Waals surface area contributed by atoms with E-state index in [1.54, 1.807) is 11.7 Å². The van der Waals surface area contributed by atoms with Crippen molar-refractivity contribution in [3.63, 3.8) is 0 Å². The highest BCUT2D eigenvalue weighted by Crippen LogP contribution is 2.33. The summed E-state index contributed by atoms with van der Waals surface area (Å²) in [6.07, 6.45) is 1.64. The van der Waals surface area contributed by atoms with Crippen LogP contribution in [0.1, 0.15) is 0 Å². The number of hydrogen-bond donors (Lipinski definition) is 0. The van der Waals surface area contributed by atoms with Gasteiger partial charge in [-0.1, -0.05) is 11.3 Å². The third-order valence-electron chi connectivity index (χ3n) is 1.24. The quantitative estimate of drug-likeness (QED) is 0.786. The average Bonchev–Trinajstić information content (AvgIpc) is 2.69. The van der Waals surface area contributed by atoms with E-state index in [2.05, 4.69) is 15.2 Å². The lowest BCUT2D eigenvalue weighted by molar-refractivity contribution is 0.252. The highest BCUT2D eigenvalue weighted by atomic mass is 32.2. The molecule has 2 rings (SSSR count). The minimum absolute atomic E-state index is 0.281. The number of halogens is 2. The van der Waals surface area contributed by atoms with Crippen LogP contribution in [0.25, 0.3) is 9.88 Å². The predicted octanol–water partition coefficient (Wildman–Crippen LogP) is 2.98. The van der Waals surface area contributed by atoms with Crippen molar-refractivity contribution in [2.75, 3.05) is 0 Å². The van der Waals surface area contributed by atoms with E-state index in [-0.39, 0.29) is 4.34 Å². The van der Waals surface area contributed by atoms with Gasteiger partial charge >= 0.3 is 0 Å². The third kappa shape index (κ3) is 2.25. The van der Waals surface area contributed by atoms with Gasteiger partial charge in [0.2, 0.25) is 0 Å². The fourth-order valence-electron chi connectivity index (χ4n) is 0.755. The Morgan fingerprint density at radius 1 is 1.36 bits per heavy atom. The Hall–Kier alpha value is -0.600. The molecular formula is C6H3F2N3S3. The molecule has 0 N–H and O–H groups in total. The fraction of sp³-hybridized carbons (Fsp3) is 0.167. The Labute approximate surface area is 90.2 Å². The van der Waals surface area contributed by atoms with E-state index in [1.165, 1.54) is 11.3 Å². The summed E-state index contributed by atoms with van der Waals surface area (Å²) in [5, 5.41) is 8.07. The van der Waals surface area contributed by atoms with Crippen LogP contribution in [-0.2, 0) is 0 Å². The summed E-state index contributed by atoms with van der Waals surface area (Å²) in [6, 6.07) is 0. The Balaban J connectivity index is 2.18. The zero-order valence-corrected chi connectivity index (χ0v) is 9.00. The molecule has 8 heteroatoms. The van der Waals surface area contributed by atoms with Crippen molar-refractivity contribution < 1.29 is 8.78 Å². The van der Waals surface area contributed by atoms with Gasteiger partial charge < -0.3 is 0 Å². The highest BCUT2D eigenvalue weighted by molar-refractivity contribution is 8.01. The van der Waals surface area contributed by atoms with Gasteiger partial charge in [-0.3, -0.25) is 4.98 Å². The number of alkyl halides is 2. The van der Waals surface area contributed by atoms with E-state index in [9.17, 15) is 8.78 Å². The predicted molar refractivity (Wildman–Crippen MR) is 52.9 cm³/mol. The van der Waals surface area contributed by atoms with E-state index in [4.69, 9.17) is 0 Å². The molecule has 0 saturated heterocycles. The van der Waals surface area contributed by atoms with Crippen LogP contribution in [0, 0.1) is 0 Å². The van der Waals surface area contributed by atoms with Gasteiger partial charge in [-0.25, -0.2) is 0 Å². The van der Waals surface area contributed by atoms with Crippen LogP contribution < -0.4 is 0 Å². The van der Waals surface area contributed by atoms with Gasteiger partial charge in [0.05, 0.1) is 10.4 Å². The van der Waals surface area contributed by atoms with E-state index in [1.807, 2.05) is 0 Å². The number of aromatic nitrogens is 3. The Bertz CT molecular complexity index is 400. The SMILES string of the molecule is FC(F)Sc1nnc(-c2cncs2)s1. The molecule has 0 saturated carbocycles. The summed E-state index contributed by atoms with van der Waals surface area (Å²) >= 11 is 2.97. The maximum Gasteiger partial charge on any atom is 0.291 e. The number of thioether (sulfide) groups is 1. The fourth-order valence-corrected chi connectivity index (χ4v) is 2.89. The van der Waals surface area contributed by atoms with Crippen LogP contribution in [0.5, 0.6) is 0 Å². The first-order valence-corrected chi connectivity index (χ1v) is 6.00. The molecule has 0 unspecified atom stereocenters. The van der Waals surface area contributed by atoms with E-state index in [0.717, 1.165) is 16.2 Å². The first-order chi connectivity index (χ1) is 6.75. The first kappa shape index (κ1) is 9.94. The molecule has 0 radical (unpaired) electrons. The molecule has 0 aliphatic carbocycles. The van der Waals surface area contributed by atoms with Gasteiger partial charge in [-0.15, -0.1) is 21.5 Å². The van der Waals surface area contributed by atoms with E-state index < -0.39 is 5.76 Å². The van der Waals surface area contributed by atoms with Gasteiger partial charge in [0.1, 0.15) is 0 Å². The lowest BCUT2D eigenvalue weighted by Gasteiger charge is -1.89. The average molecular weight is 251 g/mol. The van der Waals surface area contributed by atoms with Crippen molar-refractivity contribution in [2.24, 2.45) is 0 Å². The van der Waals surface area contributed by atoms with Crippen molar-refractivity contribution in [2.45, 2.75) is 10.1 Å². The smallest absolute Gasteiger partial charge is 0.252 e. The van der Waals surface area contributed by atoms with E-state index in [0.29, 0.717) is 16.8 Å². The van der Waals surface area contributed by atoms with Gasteiger partial charge in [0.25, 0.3) is 5.76 Å². The summed E-state index contributed by atoms with van der Waals surface area (Å²) in [5.74, 6) is -2.45. The largest absolute Gasteiger partial charge is 0.291 e. The lowest BCUT2D eigenvalue weighted by Crippen LogP contribution is -1.79. The molecule has 0 atom stereocenters. The Morgan fingerprint density at radius 3 is 2.86 bits per heavy atom. The standard InChI is InChI=1S/C6H3F2N3S3/c7-5(8)14-6-11-10-4(13-6)3-1-9-2-12-3/h1-2,5H. The van der Waals surface area contributed by atoms with Gasteiger partial charge in [-0.05, 0) is 11.8 Å². The molecule has 0 aliphatic heterocycles. The van der Waals surface area contributed by atoms with Crippen molar-refractivity contribution >= 4 is 34.4 Å². The molecule has 0 aliphatic rings. The third-order valence-corrected chi connectivity index (χ3v) is 3.90. The molecule has 0 amide bonds.